The van der Waals surface area contributed by atoms with E-state index in [-0.39, 0.29) is 11.3 Å². The summed E-state index contributed by atoms with van der Waals surface area (Å²) in [6.07, 6.45) is 3.93. The Kier molecular flexibility index (Phi) is 3.26. The minimum Gasteiger partial charge on any atom is -0.362 e. The van der Waals surface area contributed by atoms with Crippen molar-refractivity contribution in [2.24, 2.45) is 5.41 Å². The van der Waals surface area contributed by atoms with E-state index in [2.05, 4.69) is 10.5 Å². The zero-order valence-corrected chi connectivity index (χ0v) is 11.9. The zero-order chi connectivity index (χ0) is 14.2. The summed E-state index contributed by atoms with van der Waals surface area (Å²) >= 11 is 6.17. The number of aryl methyl sites for hydroxylation is 1. The molecule has 0 aliphatic heterocycles. The molecule has 1 aromatic carbocycles. The Bertz CT molecular complexity index is 647. The van der Waals surface area contributed by atoms with Crippen molar-refractivity contribution in [3.63, 3.8) is 0 Å². The van der Waals surface area contributed by atoms with Crippen LogP contribution in [-0.2, 0) is 11.2 Å². The molecule has 0 spiro atoms. The molecule has 0 bridgehead atoms. The number of nitrogens with one attached hydrogen (secondary N) is 1. The van der Waals surface area contributed by atoms with E-state index in [9.17, 15) is 4.79 Å². The van der Waals surface area contributed by atoms with Crippen molar-refractivity contribution in [3.05, 3.63) is 46.7 Å². The Labute approximate surface area is 122 Å². The molecule has 2 aromatic rings. The fourth-order valence-corrected chi connectivity index (χ4v) is 2.49. The number of carbonyl (C=O) groups excluding carboxylic acids is 1. The summed E-state index contributed by atoms with van der Waals surface area (Å²) in [5, 5.41) is 7.35. The van der Waals surface area contributed by atoms with Gasteiger partial charge >= 0.3 is 0 Å². The summed E-state index contributed by atoms with van der Waals surface area (Å²) in [6.45, 7) is 1.85. The van der Waals surface area contributed by atoms with Crippen LogP contribution in [0, 0.1) is 12.3 Å². The number of rotatable bonds is 4. The van der Waals surface area contributed by atoms with Crippen LogP contribution in [0.2, 0.25) is 5.02 Å². The lowest BCUT2D eigenvalue weighted by atomic mass is 9.95. The first kappa shape index (κ1) is 13.2. The lowest BCUT2D eigenvalue weighted by molar-refractivity contribution is -0.121. The number of amides is 1. The van der Waals surface area contributed by atoms with Crippen LogP contribution in [0.15, 0.2) is 35.1 Å². The fourth-order valence-electron chi connectivity index (χ4n) is 2.29. The standard InChI is InChI=1S/C15H15ClN2O2/c1-10-9-20-18-13(10)17-14(19)15(6-7-15)8-11-4-2-3-5-12(11)16/h2-5,9H,6-8H2,1H3,(H,17,18,19). The molecule has 1 fully saturated rings. The van der Waals surface area contributed by atoms with Gasteiger partial charge in [-0.2, -0.15) is 0 Å². The smallest absolute Gasteiger partial charge is 0.232 e. The Hall–Kier alpha value is -1.81. The van der Waals surface area contributed by atoms with Gasteiger partial charge in [-0.3, -0.25) is 4.79 Å². The van der Waals surface area contributed by atoms with E-state index in [1.54, 1.807) is 0 Å². The van der Waals surface area contributed by atoms with Crippen molar-refractivity contribution in [3.8, 4) is 0 Å². The van der Waals surface area contributed by atoms with Gasteiger partial charge in [-0.15, -0.1) is 0 Å². The molecule has 20 heavy (non-hydrogen) atoms. The van der Waals surface area contributed by atoms with Gasteiger partial charge in [0.1, 0.15) is 6.26 Å². The third-order valence-electron chi connectivity index (χ3n) is 3.80. The molecule has 1 aromatic heterocycles. The van der Waals surface area contributed by atoms with Gasteiger partial charge < -0.3 is 9.84 Å². The molecule has 104 valence electrons. The van der Waals surface area contributed by atoms with E-state index in [4.69, 9.17) is 16.1 Å². The van der Waals surface area contributed by atoms with Gasteiger partial charge in [0.05, 0.1) is 5.41 Å². The zero-order valence-electron chi connectivity index (χ0n) is 11.1. The summed E-state index contributed by atoms with van der Waals surface area (Å²) < 4.78 is 4.83. The van der Waals surface area contributed by atoms with Crippen LogP contribution in [0.4, 0.5) is 5.82 Å². The molecule has 0 atom stereocenters. The second-order valence-electron chi connectivity index (χ2n) is 5.35. The van der Waals surface area contributed by atoms with Gasteiger partial charge in [0, 0.05) is 10.6 Å². The number of anilines is 1. The highest BCUT2D eigenvalue weighted by molar-refractivity contribution is 6.31. The van der Waals surface area contributed by atoms with E-state index in [0.29, 0.717) is 17.3 Å². The average Bonchev–Trinajstić information content (AvgIpc) is 3.11. The molecule has 1 aliphatic carbocycles. The maximum atomic E-state index is 12.4. The predicted molar refractivity (Wildman–Crippen MR) is 76.7 cm³/mol. The van der Waals surface area contributed by atoms with Crippen LogP contribution in [0.5, 0.6) is 0 Å². The average molecular weight is 291 g/mol. The lowest BCUT2D eigenvalue weighted by Crippen LogP contribution is -2.26. The van der Waals surface area contributed by atoms with E-state index >= 15 is 0 Å². The predicted octanol–water partition coefficient (Wildman–Crippen LogP) is 3.60. The van der Waals surface area contributed by atoms with E-state index in [1.807, 2.05) is 31.2 Å². The van der Waals surface area contributed by atoms with Crippen LogP contribution < -0.4 is 5.32 Å². The SMILES string of the molecule is Cc1conc1NC(=O)C1(Cc2ccccc2Cl)CC1. The van der Waals surface area contributed by atoms with Crippen LogP contribution in [0.3, 0.4) is 0 Å². The molecule has 1 amide bonds. The number of nitrogens with zero attached hydrogens (tertiary/aromatic N) is 1. The maximum absolute atomic E-state index is 12.4. The molecule has 0 saturated heterocycles. The highest BCUT2D eigenvalue weighted by Crippen LogP contribution is 2.50. The molecule has 0 unspecified atom stereocenters. The van der Waals surface area contributed by atoms with Gasteiger partial charge in [0.15, 0.2) is 5.82 Å². The first-order chi connectivity index (χ1) is 9.61. The van der Waals surface area contributed by atoms with Gasteiger partial charge in [-0.05, 0) is 37.8 Å². The molecule has 1 saturated carbocycles. The van der Waals surface area contributed by atoms with Crippen LogP contribution in [0.1, 0.15) is 24.0 Å². The van der Waals surface area contributed by atoms with Gasteiger partial charge in [0.25, 0.3) is 0 Å². The van der Waals surface area contributed by atoms with Crippen molar-refractivity contribution in [2.75, 3.05) is 5.32 Å². The summed E-state index contributed by atoms with van der Waals surface area (Å²) in [6, 6.07) is 7.66. The maximum Gasteiger partial charge on any atom is 0.232 e. The van der Waals surface area contributed by atoms with Crippen molar-refractivity contribution in [1.82, 2.24) is 5.16 Å². The van der Waals surface area contributed by atoms with Gasteiger partial charge in [-0.1, -0.05) is 35.0 Å². The Morgan fingerprint density at radius 2 is 2.20 bits per heavy atom. The van der Waals surface area contributed by atoms with Gasteiger partial charge in [0.2, 0.25) is 5.91 Å². The highest BCUT2D eigenvalue weighted by atomic mass is 35.5. The molecule has 3 rings (SSSR count). The lowest BCUT2D eigenvalue weighted by Gasteiger charge is -2.15. The third-order valence-corrected chi connectivity index (χ3v) is 4.17. The Morgan fingerprint density at radius 3 is 2.80 bits per heavy atom. The Balaban J connectivity index is 1.74. The van der Waals surface area contributed by atoms with Crippen molar-refractivity contribution in [1.29, 1.82) is 0 Å². The molecule has 0 radical (unpaired) electrons. The van der Waals surface area contributed by atoms with E-state index in [0.717, 1.165) is 24.0 Å². The minimum absolute atomic E-state index is 0.00517. The van der Waals surface area contributed by atoms with Crippen LogP contribution in [0.25, 0.3) is 0 Å². The Morgan fingerprint density at radius 1 is 1.45 bits per heavy atom. The molecule has 1 heterocycles. The summed E-state index contributed by atoms with van der Waals surface area (Å²) in [7, 11) is 0. The van der Waals surface area contributed by atoms with Crippen molar-refractivity contribution in [2.45, 2.75) is 26.2 Å². The molecular weight excluding hydrogens is 276 g/mol. The van der Waals surface area contributed by atoms with E-state index in [1.165, 1.54) is 6.26 Å². The van der Waals surface area contributed by atoms with Crippen LogP contribution in [-0.4, -0.2) is 11.1 Å². The molecular formula is C15H15ClN2O2. The molecule has 1 N–H and O–H groups in total. The normalized spacial score (nSPS) is 15.9. The number of halogens is 1. The summed E-state index contributed by atoms with van der Waals surface area (Å²) in [4.78, 5) is 12.4. The first-order valence-electron chi connectivity index (χ1n) is 6.57. The second-order valence-corrected chi connectivity index (χ2v) is 5.76. The third kappa shape index (κ3) is 2.43. The largest absolute Gasteiger partial charge is 0.362 e. The second kappa shape index (κ2) is 4.94. The number of hydrogen-bond donors (Lipinski definition) is 1. The number of hydrogen-bond acceptors (Lipinski definition) is 3. The number of benzene rings is 1. The monoisotopic (exact) mass is 290 g/mol. The number of aromatic nitrogens is 1. The minimum atomic E-state index is -0.351. The van der Waals surface area contributed by atoms with Crippen LogP contribution >= 0.6 is 11.6 Å². The van der Waals surface area contributed by atoms with E-state index < -0.39 is 0 Å². The first-order valence-corrected chi connectivity index (χ1v) is 6.94. The topological polar surface area (TPSA) is 55.1 Å². The summed E-state index contributed by atoms with van der Waals surface area (Å²) in [5.74, 6) is 0.495. The fraction of sp³-hybridized carbons (Fsp3) is 0.333. The van der Waals surface area contributed by atoms with Gasteiger partial charge in [-0.25, -0.2) is 0 Å². The molecule has 5 heteroatoms. The van der Waals surface area contributed by atoms with Crippen molar-refractivity contribution < 1.29 is 9.32 Å². The molecule has 4 nitrogen and oxygen atoms in total. The summed E-state index contributed by atoms with van der Waals surface area (Å²) in [5.41, 5.74) is 1.49. The quantitative estimate of drug-likeness (QED) is 0.936. The number of carbonyl (C=O) groups is 1. The molecule has 1 aliphatic rings. The van der Waals surface area contributed by atoms with Crippen molar-refractivity contribution >= 4 is 23.3 Å². The highest BCUT2D eigenvalue weighted by Gasteiger charge is 2.50.